The lowest BCUT2D eigenvalue weighted by atomic mass is 10.3. The Morgan fingerprint density at radius 2 is 2.38 bits per heavy atom. The first-order valence-electron chi connectivity index (χ1n) is 4.54. The van der Waals surface area contributed by atoms with Crippen LogP contribution in [0.3, 0.4) is 0 Å². The van der Waals surface area contributed by atoms with Crippen molar-refractivity contribution < 1.29 is 5.11 Å². The van der Waals surface area contributed by atoms with Gasteiger partial charge in [0.25, 0.3) is 0 Å². The van der Waals surface area contributed by atoms with Crippen molar-refractivity contribution in [3.63, 3.8) is 0 Å². The van der Waals surface area contributed by atoms with E-state index >= 15 is 0 Å². The number of aromatic amines is 1. The Balaban J connectivity index is 2.74. The Morgan fingerprint density at radius 1 is 1.62 bits per heavy atom. The Hall–Kier alpha value is -0.680. The van der Waals surface area contributed by atoms with Gasteiger partial charge in [0.2, 0.25) is 0 Å². The van der Waals surface area contributed by atoms with Gasteiger partial charge in [0.05, 0.1) is 0 Å². The third-order valence-corrected chi connectivity index (χ3v) is 2.15. The zero-order valence-corrected chi connectivity index (χ0v) is 8.60. The summed E-state index contributed by atoms with van der Waals surface area (Å²) >= 11 is 5.07. The van der Waals surface area contributed by atoms with Gasteiger partial charge in [-0.05, 0) is 25.1 Å². The number of rotatable bonds is 5. The SMILES string of the molecule is CCCn1c(CCCO)n[nH]c1=S. The Kier molecular flexibility index (Phi) is 4.11. The number of nitrogens with zero attached hydrogens (tertiary/aromatic N) is 2. The quantitative estimate of drug-likeness (QED) is 0.705. The topological polar surface area (TPSA) is 53.8 Å². The molecule has 4 nitrogen and oxygen atoms in total. The number of H-pyrrole nitrogens is 1. The molecule has 0 aliphatic carbocycles. The third-order valence-electron chi connectivity index (χ3n) is 1.84. The van der Waals surface area contributed by atoms with E-state index in [2.05, 4.69) is 17.1 Å². The molecular weight excluding hydrogens is 186 g/mol. The third kappa shape index (κ3) is 2.63. The second-order valence-electron chi connectivity index (χ2n) is 2.92. The molecular formula is C8H15N3OS. The molecule has 0 bridgehead atoms. The maximum atomic E-state index is 8.68. The van der Waals surface area contributed by atoms with Gasteiger partial charge in [-0.3, -0.25) is 5.10 Å². The zero-order valence-electron chi connectivity index (χ0n) is 7.79. The fourth-order valence-electron chi connectivity index (χ4n) is 1.23. The molecule has 2 N–H and O–H groups in total. The van der Waals surface area contributed by atoms with Gasteiger partial charge in [0, 0.05) is 19.6 Å². The van der Waals surface area contributed by atoms with E-state index in [0.29, 0.717) is 4.77 Å². The molecule has 1 aromatic heterocycles. The van der Waals surface area contributed by atoms with Gasteiger partial charge in [0.1, 0.15) is 5.82 Å². The van der Waals surface area contributed by atoms with Crippen LogP contribution < -0.4 is 0 Å². The van der Waals surface area contributed by atoms with Crippen LogP contribution in [0.4, 0.5) is 0 Å². The number of aliphatic hydroxyl groups excluding tert-OH is 1. The molecule has 0 aromatic carbocycles. The molecule has 0 aliphatic rings. The molecule has 0 unspecified atom stereocenters. The number of aliphatic hydroxyl groups is 1. The highest BCUT2D eigenvalue weighted by Gasteiger charge is 2.03. The summed E-state index contributed by atoms with van der Waals surface area (Å²) < 4.78 is 2.67. The fraction of sp³-hybridized carbons (Fsp3) is 0.750. The minimum atomic E-state index is 0.200. The van der Waals surface area contributed by atoms with Crippen molar-refractivity contribution in [1.29, 1.82) is 0 Å². The van der Waals surface area contributed by atoms with Crippen LogP contribution in [0, 0.1) is 4.77 Å². The molecule has 0 spiro atoms. The normalized spacial score (nSPS) is 10.6. The molecule has 0 amide bonds. The van der Waals surface area contributed by atoms with Crippen LogP contribution in [0.5, 0.6) is 0 Å². The summed E-state index contributed by atoms with van der Waals surface area (Å²) in [7, 11) is 0. The molecule has 0 radical (unpaired) electrons. The maximum Gasteiger partial charge on any atom is 0.195 e. The van der Waals surface area contributed by atoms with E-state index in [-0.39, 0.29) is 6.61 Å². The summed E-state index contributed by atoms with van der Waals surface area (Å²) in [6.45, 7) is 3.20. The summed E-state index contributed by atoms with van der Waals surface area (Å²) in [6.07, 6.45) is 2.56. The molecule has 5 heteroatoms. The molecule has 1 rings (SSSR count). The van der Waals surface area contributed by atoms with E-state index < -0.39 is 0 Å². The van der Waals surface area contributed by atoms with Crippen LogP contribution in [0.25, 0.3) is 0 Å². The van der Waals surface area contributed by atoms with Crippen LogP contribution in [0.15, 0.2) is 0 Å². The molecule has 1 heterocycles. The lowest BCUT2D eigenvalue weighted by Gasteiger charge is -2.03. The van der Waals surface area contributed by atoms with Gasteiger partial charge in [-0.25, -0.2) is 0 Å². The Morgan fingerprint density at radius 3 is 3.00 bits per heavy atom. The molecule has 74 valence electrons. The van der Waals surface area contributed by atoms with Crippen molar-refractivity contribution in [2.24, 2.45) is 0 Å². The van der Waals surface area contributed by atoms with Gasteiger partial charge >= 0.3 is 0 Å². The summed E-state index contributed by atoms with van der Waals surface area (Å²) in [5.41, 5.74) is 0. The lowest BCUT2D eigenvalue weighted by molar-refractivity contribution is 0.286. The van der Waals surface area contributed by atoms with Crippen molar-refractivity contribution >= 4 is 12.2 Å². The molecule has 0 atom stereocenters. The standard InChI is InChI=1S/C8H15N3OS/c1-2-5-11-7(4-3-6-12)9-10-8(11)13/h12H,2-6H2,1H3,(H,10,13). The first kappa shape index (κ1) is 10.4. The molecule has 13 heavy (non-hydrogen) atoms. The average molecular weight is 201 g/mol. The van der Waals surface area contributed by atoms with Crippen LogP contribution in [0.1, 0.15) is 25.6 Å². The highest BCUT2D eigenvalue weighted by molar-refractivity contribution is 7.71. The lowest BCUT2D eigenvalue weighted by Crippen LogP contribution is -2.04. The van der Waals surface area contributed by atoms with E-state index in [9.17, 15) is 0 Å². The van der Waals surface area contributed by atoms with E-state index in [0.717, 1.165) is 31.6 Å². The summed E-state index contributed by atoms with van der Waals surface area (Å²) in [4.78, 5) is 0. The largest absolute Gasteiger partial charge is 0.396 e. The zero-order chi connectivity index (χ0) is 9.68. The monoisotopic (exact) mass is 201 g/mol. The van der Waals surface area contributed by atoms with E-state index in [1.54, 1.807) is 0 Å². The van der Waals surface area contributed by atoms with Gasteiger partial charge < -0.3 is 9.67 Å². The molecule has 0 aliphatic heterocycles. The molecule has 0 saturated carbocycles. The first-order valence-corrected chi connectivity index (χ1v) is 4.95. The van der Waals surface area contributed by atoms with Crippen molar-refractivity contribution in [3.05, 3.63) is 10.6 Å². The van der Waals surface area contributed by atoms with Gasteiger partial charge in [-0.1, -0.05) is 6.92 Å². The van der Waals surface area contributed by atoms with E-state index in [1.807, 2.05) is 4.57 Å². The second-order valence-corrected chi connectivity index (χ2v) is 3.31. The first-order chi connectivity index (χ1) is 6.29. The van der Waals surface area contributed by atoms with Crippen molar-refractivity contribution in [3.8, 4) is 0 Å². The number of aryl methyl sites for hydroxylation is 1. The van der Waals surface area contributed by atoms with E-state index in [1.165, 1.54) is 0 Å². The van der Waals surface area contributed by atoms with Crippen LogP contribution in [-0.4, -0.2) is 26.5 Å². The van der Waals surface area contributed by atoms with Gasteiger partial charge in [-0.15, -0.1) is 0 Å². The summed E-state index contributed by atoms with van der Waals surface area (Å²) in [5.74, 6) is 0.945. The van der Waals surface area contributed by atoms with Crippen molar-refractivity contribution in [2.45, 2.75) is 32.7 Å². The van der Waals surface area contributed by atoms with Crippen molar-refractivity contribution in [1.82, 2.24) is 14.8 Å². The maximum absolute atomic E-state index is 8.68. The Bertz CT molecular complexity index is 305. The van der Waals surface area contributed by atoms with E-state index in [4.69, 9.17) is 17.3 Å². The molecule has 1 aromatic rings. The fourth-order valence-corrected chi connectivity index (χ4v) is 1.47. The summed E-state index contributed by atoms with van der Waals surface area (Å²) in [6, 6.07) is 0. The number of nitrogens with one attached hydrogen (secondary N) is 1. The minimum Gasteiger partial charge on any atom is -0.396 e. The van der Waals surface area contributed by atoms with Crippen LogP contribution >= 0.6 is 12.2 Å². The predicted molar refractivity (Wildman–Crippen MR) is 53.1 cm³/mol. The number of aromatic nitrogens is 3. The number of hydrogen-bond donors (Lipinski definition) is 2. The predicted octanol–water partition coefficient (Wildman–Crippen LogP) is 1.28. The second kappa shape index (κ2) is 5.14. The highest BCUT2D eigenvalue weighted by atomic mass is 32.1. The van der Waals surface area contributed by atoms with Crippen molar-refractivity contribution in [2.75, 3.05) is 6.61 Å². The van der Waals surface area contributed by atoms with Gasteiger partial charge in [0.15, 0.2) is 4.77 Å². The summed E-state index contributed by atoms with van der Waals surface area (Å²) in [5, 5.41) is 15.6. The average Bonchev–Trinajstić information content (AvgIpc) is 2.46. The molecule has 0 saturated heterocycles. The highest BCUT2D eigenvalue weighted by Crippen LogP contribution is 2.02. The van der Waals surface area contributed by atoms with Gasteiger partial charge in [-0.2, -0.15) is 5.10 Å². The van der Waals surface area contributed by atoms with Crippen LogP contribution in [-0.2, 0) is 13.0 Å². The minimum absolute atomic E-state index is 0.200. The molecule has 0 fully saturated rings. The van der Waals surface area contributed by atoms with Crippen LogP contribution in [0.2, 0.25) is 0 Å². The smallest absolute Gasteiger partial charge is 0.195 e. The Labute approximate surface area is 82.6 Å². The number of hydrogen-bond acceptors (Lipinski definition) is 3.